The number of nitro benzene ring substituents is 1. The average Bonchev–Trinajstić information content (AvgIpc) is 3.32. The third-order valence-corrected chi connectivity index (χ3v) is 5.25. The Balaban J connectivity index is 1.68. The second-order valence-electron chi connectivity index (χ2n) is 7.25. The van der Waals surface area contributed by atoms with Crippen LogP contribution in [0.5, 0.6) is 5.75 Å². The molecule has 0 saturated carbocycles. The van der Waals surface area contributed by atoms with Gasteiger partial charge in [0.25, 0.3) is 11.2 Å². The van der Waals surface area contributed by atoms with Gasteiger partial charge in [-0.25, -0.2) is 0 Å². The van der Waals surface area contributed by atoms with Crippen LogP contribution in [0.2, 0.25) is 0 Å². The number of non-ortho nitro benzene ring substituents is 1. The maximum atomic E-state index is 13.2. The highest BCUT2D eigenvalue weighted by Gasteiger charge is 2.26. The fourth-order valence-corrected chi connectivity index (χ4v) is 3.61. The van der Waals surface area contributed by atoms with Crippen molar-refractivity contribution >= 4 is 28.1 Å². The van der Waals surface area contributed by atoms with Gasteiger partial charge in [-0.05, 0) is 36.4 Å². The molecule has 2 heterocycles. The van der Waals surface area contributed by atoms with E-state index in [9.17, 15) is 24.8 Å². The minimum absolute atomic E-state index is 0.0641. The van der Waals surface area contributed by atoms with Gasteiger partial charge in [0.15, 0.2) is 5.78 Å². The average molecular weight is 433 g/mol. The van der Waals surface area contributed by atoms with E-state index in [4.69, 9.17) is 4.42 Å². The summed E-state index contributed by atoms with van der Waals surface area (Å²) < 4.78 is 6.78. The lowest BCUT2D eigenvalue weighted by Gasteiger charge is -2.18. The lowest BCUT2D eigenvalue weighted by molar-refractivity contribution is -0.384. The van der Waals surface area contributed by atoms with Gasteiger partial charge in [-0.15, -0.1) is 0 Å². The van der Waals surface area contributed by atoms with Crippen LogP contribution in [0.1, 0.15) is 28.6 Å². The first-order valence-corrected chi connectivity index (χ1v) is 9.75. The summed E-state index contributed by atoms with van der Waals surface area (Å²) in [5.74, 6) is -0.485. The summed E-state index contributed by atoms with van der Waals surface area (Å²) in [5, 5.41) is 25.1. The fourth-order valence-electron chi connectivity index (χ4n) is 3.61. The van der Waals surface area contributed by atoms with Gasteiger partial charge < -0.3 is 19.4 Å². The summed E-state index contributed by atoms with van der Waals surface area (Å²) in [7, 11) is 1.54. The van der Waals surface area contributed by atoms with Crippen molar-refractivity contribution in [2.45, 2.75) is 12.5 Å². The van der Waals surface area contributed by atoms with Gasteiger partial charge in [0.05, 0.1) is 22.7 Å². The first-order valence-electron chi connectivity index (χ1n) is 9.75. The normalized spacial score (nSPS) is 11.9. The van der Waals surface area contributed by atoms with Crippen molar-refractivity contribution in [2.75, 3.05) is 5.32 Å². The van der Waals surface area contributed by atoms with Crippen molar-refractivity contribution in [1.29, 1.82) is 0 Å². The third-order valence-electron chi connectivity index (χ3n) is 5.25. The quantitative estimate of drug-likeness (QED) is 0.254. The van der Waals surface area contributed by atoms with E-state index in [0.29, 0.717) is 22.4 Å². The van der Waals surface area contributed by atoms with Gasteiger partial charge in [0.1, 0.15) is 17.1 Å². The maximum Gasteiger partial charge on any atom is 0.269 e. The van der Waals surface area contributed by atoms with Crippen LogP contribution in [0.4, 0.5) is 11.4 Å². The van der Waals surface area contributed by atoms with Crippen LogP contribution < -0.4 is 10.9 Å². The molecule has 2 aromatic carbocycles. The van der Waals surface area contributed by atoms with Gasteiger partial charge in [0.2, 0.25) is 0 Å². The van der Waals surface area contributed by atoms with Crippen molar-refractivity contribution in [3.05, 3.63) is 98.7 Å². The van der Waals surface area contributed by atoms with Crippen molar-refractivity contribution in [1.82, 2.24) is 4.57 Å². The summed E-state index contributed by atoms with van der Waals surface area (Å²) in [6.07, 6.45) is 1.27. The number of hydrogen-bond acceptors (Lipinski definition) is 7. The SMILES string of the molecule is Cn1c(=O)c(C(=O)CC(Nc2ccc([N+](=O)[O-])cc2)c2ccco2)c(O)c2ccccc21. The number of aryl methyl sites for hydroxylation is 1. The molecule has 2 N–H and O–H groups in total. The summed E-state index contributed by atoms with van der Waals surface area (Å²) >= 11 is 0. The Morgan fingerprint density at radius 1 is 1.16 bits per heavy atom. The maximum absolute atomic E-state index is 13.2. The first kappa shape index (κ1) is 20.9. The molecule has 0 bridgehead atoms. The predicted octanol–water partition coefficient (Wildman–Crippen LogP) is 4.17. The van der Waals surface area contributed by atoms with Crippen molar-refractivity contribution in [3.63, 3.8) is 0 Å². The molecule has 0 saturated heterocycles. The Bertz CT molecular complexity index is 1360. The number of ketones is 1. The number of Topliss-reactive ketones (excluding diaryl/α,β-unsaturated/α-hetero) is 1. The Hall–Kier alpha value is -4.40. The monoisotopic (exact) mass is 433 g/mol. The smallest absolute Gasteiger partial charge is 0.269 e. The third kappa shape index (κ3) is 3.83. The molecule has 1 unspecified atom stereocenters. The minimum Gasteiger partial charge on any atom is -0.506 e. The molecule has 0 radical (unpaired) electrons. The number of pyridine rings is 1. The van der Waals surface area contributed by atoms with Gasteiger partial charge in [-0.2, -0.15) is 0 Å². The van der Waals surface area contributed by atoms with Crippen LogP contribution in [0, 0.1) is 10.1 Å². The molecule has 4 rings (SSSR count). The molecule has 1 atom stereocenters. The Morgan fingerprint density at radius 3 is 2.53 bits per heavy atom. The number of anilines is 1. The number of nitro groups is 1. The van der Waals surface area contributed by atoms with E-state index in [0.717, 1.165) is 0 Å². The topological polar surface area (TPSA) is 128 Å². The van der Waals surface area contributed by atoms with E-state index in [1.165, 1.54) is 35.1 Å². The predicted molar refractivity (Wildman–Crippen MR) is 118 cm³/mol. The number of aromatic nitrogens is 1. The molecular weight excluding hydrogens is 414 g/mol. The number of rotatable bonds is 7. The second-order valence-corrected chi connectivity index (χ2v) is 7.25. The van der Waals surface area contributed by atoms with Crippen LogP contribution in [0.15, 0.2) is 76.1 Å². The number of furan rings is 1. The number of aromatic hydroxyl groups is 1. The van der Waals surface area contributed by atoms with Crippen LogP contribution in [-0.4, -0.2) is 20.4 Å². The molecule has 0 aliphatic rings. The first-order chi connectivity index (χ1) is 15.4. The molecule has 32 heavy (non-hydrogen) atoms. The fraction of sp³-hybridized carbons (Fsp3) is 0.130. The van der Waals surface area contributed by atoms with Crippen LogP contribution in [0.25, 0.3) is 10.9 Å². The van der Waals surface area contributed by atoms with E-state index < -0.39 is 22.3 Å². The largest absolute Gasteiger partial charge is 0.506 e. The number of benzene rings is 2. The Morgan fingerprint density at radius 2 is 1.88 bits per heavy atom. The van der Waals surface area contributed by atoms with E-state index >= 15 is 0 Å². The van der Waals surface area contributed by atoms with E-state index in [1.54, 1.807) is 43.4 Å². The number of carbonyl (C=O) groups is 1. The lowest BCUT2D eigenvalue weighted by atomic mass is 10.00. The highest BCUT2D eigenvalue weighted by Crippen LogP contribution is 2.30. The summed E-state index contributed by atoms with van der Waals surface area (Å²) in [6, 6.07) is 15.2. The standard InChI is InChI=1S/C23H19N3O6/c1-25-18-6-3-2-5-16(18)22(28)21(23(25)29)19(27)13-17(20-7-4-12-32-20)24-14-8-10-15(11-9-14)26(30)31/h2-12,17,24,28H,13H2,1H3. The highest BCUT2D eigenvalue weighted by atomic mass is 16.6. The number of para-hydroxylation sites is 1. The van der Waals surface area contributed by atoms with Crippen molar-refractivity contribution in [3.8, 4) is 5.75 Å². The van der Waals surface area contributed by atoms with Gasteiger partial charge in [-0.1, -0.05) is 12.1 Å². The zero-order chi connectivity index (χ0) is 22.8. The molecule has 0 aliphatic carbocycles. The van der Waals surface area contributed by atoms with Gasteiger partial charge in [0, 0.05) is 36.7 Å². The van der Waals surface area contributed by atoms with E-state index in [-0.39, 0.29) is 23.4 Å². The van der Waals surface area contributed by atoms with Crippen molar-refractivity contribution in [2.24, 2.45) is 7.05 Å². The van der Waals surface area contributed by atoms with Crippen molar-refractivity contribution < 1.29 is 19.2 Å². The number of nitrogens with zero attached hydrogens (tertiary/aromatic N) is 2. The zero-order valence-electron chi connectivity index (χ0n) is 17.0. The number of nitrogens with one attached hydrogen (secondary N) is 1. The molecule has 9 nitrogen and oxygen atoms in total. The molecule has 0 fully saturated rings. The zero-order valence-corrected chi connectivity index (χ0v) is 17.0. The Kier molecular flexibility index (Phi) is 5.46. The number of hydrogen-bond donors (Lipinski definition) is 2. The second kappa shape index (κ2) is 8.38. The van der Waals surface area contributed by atoms with Gasteiger partial charge >= 0.3 is 0 Å². The molecule has 4 aromatic rings. The van der Waals surface area contributed by atoms with E-state index in [2.05, 4.69) is 5.32 Å². The van der Waals surface area contributed by atoms with Gasteiger partial charge in [-0.3, -0.25) is 19.7 Å². The van der Waals surface area contributed by atoms with E-state index in [1.807, 2.05) is 0 Å². The highest BCUT2D eigenvalue weighted by molar-refractivity contribution is 6.03. The molecule has 0 amide bonds. The summed E-state index contributed by atoms with van der Waals surface area (Å²) in [4.78, 5) is 36.4. The molecular formula is C23H19N3O6. The summed E-state index contributed by atoms with van der Waals surface area (Å²) in [5.41, 5.74) is 0.0809. The molecule has 2 aromatic heterocycles. The van der Waals surface area contributed by atoms with Crippen LogP contribution >= 0.6 is 0 Å². The molecule has 0 aliphatic heterocycles. The van der Waals surface area contributed by atoms with Crippen LogP contribution in [-0.2, 0) is 7.05 Å². The lowest BCUT2D eigenvalue weighted by Crippen LogP contribution is -2.26. The summed E-state index contributed by atoms with van der Waals surface area (Å²) in [6.45, 7) is 0. The Labute approximate surface area is 181 Å². The van der Waals surface area contributed by atoms with Crippen LogP contribution in [0.3, 0.4) is 0 Å². The number of fused-ring (bicyclic) bond motifs is 1. The number of carbonyl (C=O) groups excluding carboxylic acids is 1. The molecule has 9 heteroatoms. The minimum atomic E-state index is -0.672. The molecule has 162 valence electrons. The molecule has 0 spiro atoms.